The highest BCUT2D eigenvalue weighted by molar-refractivity contribution is 5.97. The molecule has 0 aliphatic rings. The van der Waals surface area contributed by atoms with Gasteiger partial charge in [0.2, 0.25) is 0 Å². The Morgan fingerprint density at radius 3 is 1.85 bits per heavy atom. The quantitative estimate of drug-likeness (QED) is 0.175. The van der Waals surface area contributed by atoms with Gasteiger partial charge in [0.25, 0.3) is 0 Å². The number of phenolic OH excluding ortho intramolecular Hbond substituents is 1. The summed E-state index contributed by atoms with van der Waals surface area (Å²) in [6.07, 6.45) is 1.90. The van der Waals surface area contributed by atoms with Gasteiger partial charge in [-0.1, -0.05) is 157 Å². The summed E-state index contributed by atoms with van der Waals surface area (Å²) in [6, 6.07) is 59.6. The molecule has 0 aliphatic heterocycles. The molecule has 4 nitrogen and oxygen atoms in total. The lowest BCUT2D eigenvalue weighted by molar-refractivity contribution is 0.477. The van der Waals surface area contributed by atoms with Crippen LogP contribution >= 0.6 is 0 Å². The SMILES string of the molecule is Cc1cc(-c2c(-c3ccccc3)cccc2C(C)(C)C)ccc1-n1c(-c2ccccc2O)nc2c(-c3cc(-c4cc(-c5ccccc5)ccn4)cc(C(C)(C)C)c3)cccc21. The predicted octanol–water partition coefficient (Wildman–Crippen LogP) is 15.0. The van der Waals surface area contributed by atoms with Crippen LogP contribution in [0.2, 0.25) is 0 Å². The third-order valence-corrected chi connectivity index (χ3v) is 11.8. The van der Waals surface area contributed by atoms with Crippen LogP contribution in [0.1, 0.15) is 58.2 Å². The summed E-state index contributed by atoms with van der Waals surface area (Å²) in [5.74, 6) is 0.865. The summed E-state index contributed by atoms with van der Waals surface area (Å²) in [7, 11) is 0. The molecule has 7 aromatic carbocycles. The number of phenols is 1. The number of hydrogen-bond donors (Lipinski definition) is 1. The zero-order valence-corrected chi connectivity index (χ0v) is 36.0. The van der Waals surface area contributed by atoms with Gasteiger partial charge < -0.3 is 5.11 Å². The molecular weight excluding hydrogens is 743 g/mol. The van der Waals surface area contributed by atoms with E-state index in [4.69, 9.17) is 9.97 Å². The summed E-state index contributed by atoms with van der Waals surface area (Å²) in [4.78, 5) is 10.3. The number of aryl methyl sites for hydroxylation is 1. The average molecular weight is 794 g/mol. The van der Waals surface area contributed by atoms with Crippen molar-refractivity contribution in [2.45, 2.75) is 59.3 Å². The fourth-order valence-corrected chi connectivity index (χ4v) is 8.59. The van der Waals surface area contributed by atoms with Gasteiger partial charge in [0.1, 0.15) is 11.6 Å². The van der Waals surface area contributed by atoms with E-state index in [9.17, 15) is 5.11 Å². The van der Waals surface area contributed by atoms with Crippen molar-refractivity contribution in [3.05, 3.63) is 193 Å². The zero-order chi connectivity index (χ0) is 42.5. The Labute approximate surface area is 359 Å². The van der Waals surface area contributed by atoms with Gasteiger partial charge in [0.05, 0.1) is 28.0 Å². The van der Waals surface area contributed by atoms with Crippen molar-refractivity contribution in [1.82, 2.24) is 14.5 Å². The van der Waals surface area contributed by atoms with E-state index in [1.807, 2.05) is 30.5 Å². The summed E-state index contributed by atoms with van der Waals surface area (Å²) < 4.78 is 2.22. The number of hydrogen-bond acceptors (Lipinski definition) is 3. The molecule has 0 radical (unpaired) electrons. The summed E-state index contributed by atoms with van der Waals surface area (Å²) in [5.41, 5.74) is 18.0. The topological polar surface area (TPSA) is 50.9 Å². The van der Waals surface area contributed by atoms with Gasteiger partial charge in [-0.2, -0.15) is 0 Å². The molecule has 0 fully saturated rings. The number of rotatable bonds is 7. The third-order valence-electron chi connectivity index (χ3n) is 11.8. The Bertz CT molecular complexity index is 3050. The lowest BCUT2D eigenvalue weighted by atomic mass is 9.78. The minimum Gasteiger partial charge on any atom is -0.507 e. The molecule has 9 rings (SSSR count). The van der Waals surface area contributed by atoms with Crippen LogP contribution in [-0.2, 0) is 10.8 Å². The van der Waals surface area contributed by atoms with E-state index < -0.39 is 0 Å². The van der Waals surface area contributed by atoms with Crippen LogP contribution in [0.4, 0.5) is 0 Å². The molecule has 9 aromatic rings. The first-order chi connectivity index (χ1) is 29.3. The van der Waals surface area contributed by atoms with E-state index in [-0.39, 0.29) is 16.6 Å². The lowest BCUT2D eigenvalue weighted by Crippen LogP contribution is -2.13. The molecule has 0 bridgehead atoms. The van der Waals surface area contributed by atoms with Gasteiger partial charge in [0, 0.05) is 17.3 Å². The van der Waals surface area contributed by atoms with Crippen molar-refractivity contribution >= 4 is 11.0 Å². The van der Waals surface area contributed by atoms with E-state index in [0.29, 0.717) is 11.4 Å². The zero-order valence-electron chi connectivity index (χ0n) is 36.0. The van der Waals surface area contributed by atoms with Crippen molar-refractivity contribution in [2.75, 3.05) is 0 Å². The lowest BCUT2D eigenvalue weighted by Gasteiger charge is -2.26. The Morgan fingerprint density at radius 1 is 0.492 bits per heavy atom. The molecule has 0 amide bonds. The van der Waals surface area contributed by atoms with Crippen molar-refractivity contribution in [1.29, 1.82) is 0 Å². The van der Waals surface area contributed by atoms with E-state index >= 15 is 0 Å². The Balaban J connectivity index is 1.25. The number of aromatic hydroxyl groups is 1. The first kappa shape index (κ1) is 39.4. The van der Waals surface area contributed by atoms with Crippen LogP contribution in [0.5, 0.6) is 5.75 Å². The maximum absolute atomic E-state index is 11.4. The Hall–Kier alpha value is -7.04. The highest BCUT2D eigenvalue weighted by Gasteiger charge is 2.25. The van der Waals surface area contributed by atoms with Crippen LogP contribution in [0.3, 0.4) is 0 Å². The van der Waals surface area contributed by atoms with Crippen molar-refractivity contribution in [3.8, 4) is 78.6 Å². The molecule has 2 heterocycles. The van der Waals surface area contributed by atoms with Gasteiger partial charge in [-0.05, 0) is 128 Å². The standard InChI is InChI=1S/C57H51N3O/c1-37-32-41(53-45(39-20-12-9-13-21-39)23-16-25-48(53)57(5,6)7)28-29-50(37)60-51-26-17-24-46(54(51)59-55(60)47-22-14-15-27-52(47)61)42-33-43(35-44(34-42)56(2,3)4)49-36-40(30-31-58-49)38-18-10-8-11-19-38/h8-36,61H,1-7H3. The largest absolute Gasteiger partial charge is 0.507 e. The second kappa shape index (κ2) is 15.5. The molecule has 61 heavy (non-hydrogen) atoms. The first-order valence-electron chi connectivity index (χ1n) is 21.1. The molecule has 0 unspecified atom stereocenters. The summed E-state index contributed by atoms with van der Waals surface area (Å²) in [6.45, 7) is 15.8. The number of fused-ring (bicyclic) bond motifs is 1. The molecule has 4 heteroatoms. The normalized spacial score (nSPS) is 11.9. The van der Waals surface area contributed by atoms with Crippen LogP contribution in [0.25, 0.3) is 83.9 Å². The van der Waals surface area contributed by atoms with Gasteiger partial charge in [-0.3, -0.25) is 9.55 Å². The molecule has 0 atom stereocenters. The smallest absolute Gasteiger partial charge is 0.149 e. The third kappa shape index (κ3) is 7.55. The van der Waals surface area contributed by atoms with Gasteiger partial charge >= 0.3 is 0 Å². The van der Waals surface area contributed by atoms with E-state index in [0.717, 1.165) is 61.4 Å². The Morgan fingerprint density at radius 2 is 1.15 bits per heavy atom. The van der Waals surface area contributed by atoms with Crippen LogP contribution in [-0.4, -0.2) is 19.6 Å². The molecule has 300 valence electrons. The molecule has 1 N–H and O–H groups in total. The minimum atomic E-state index is -0.124. The van der Waals surface area contributed by atoms with E-state index in [1.165, 1.54) is 27.8 Å². The van der Waals surface area contributed by atoms with E-state index in [1.54, 1.807) is 6.07 Å². The number of imidazole rings is 1. The monoisotopic (exact) mass is 793 g/mol. The highest BCUT2D eigenvalue weighted by Crippen LogP contribution is 2.44. The number of pyridine rings is 1. The predicted molar refractivity (Wildman–Crippen MR) is 255 cm³/mol. The molecule has 0 saturated heterocycles. The molecule has 0 aliphatic carbocycles. The van der Waals surface area contributed by atoms with Crippen LogP contribution in [0.15, 0.2) is 176 Å². The van der Waals surface area contributed by atoms with E-state index in [2.05, 4.69) is 193 Å². The van der Waals surface area contributed by atoms with Crippen LogP contribution < -0.4 is 0 Å². The molecule has 2 aromatic heterocycles. The second-order valence-electron chi connectivity index (χ2n) is 18.2. The van der Waals surface area contributed by atoms with Crippen molar-refractivity contribution in [2.24, 2.45) is 0 Å². The molecule has 0 saturated carbocycles. The minimum absolute atomic E-state index is 0.0768. The fourth-order valence-electron chi connectivity index (χ4n) is 8.59. The van der Waals surface area contributed by atoms with Gasteiger partial charge in [-0.25, -0.2) is 4.98 Å². The average Bonchev–Trinajstić information content (AvgIpc) is 3.65. The van der Waals surface area contributed by atoms with Gasteiger partial charge in [-0.15, -0.1) is 0 Å². The van der Waals surface area contributed by atoms with Gasteiger partial charge in [0.15, 0.2) is 0 Å². The second-order valence-corrected chi connectivity index (χ2v) is 18.2. The maximum atomic E-state index is 11.4. The van der Waals surface area contributed by atoms with Crippen molar-refractivity contribution in [3.63, 3.8) is 0 Å². The molecular formula is C57H51N3O. The number of aromatic nitrogens is 3. The number of benzene rings is 7. The number of nitrogens with zero attached hydrogens (tertiary/aromatic N) is 3. The van der Waals surface area contributed by atoms with Crippen LogP contribution in [0, 0.1) is 6.92 Å². The highest BCUT2D eigenvalue weighted by atomic mass is 16.3. The molecule has 0 spiro atoms. The first-order valence-corrected chi connectivity index (χ1v) is 21.1. The number of para-hydroxylation sites is 2. The fraction of sp³-hybridized carbons (Fsp3) is 0.158. The Kier molecular flexibility index (Phi) is 10.0. The summed E-state index contributed by atoms with van der Waals surface area (Å²) >= 11 is 0. The summed E-state index contributed by atoms with van der Waals surface area (Å²) in [5, 5.41) is 11.4. The maximum Gasteiger partial charge on any atom is 0.149 e. The van der Waals surface area contributed by atoms with Crippen molar-refractivity contribution < 1.29 is 5.11 Å².